The maximum Gasteiger partial charge on any atom is 0.267 e. The van der Waals surface area contributed by atoms with Crippen molar-refractivity contribution >= 4 is 5.91 Å². The predicted molar refractivity (Wildman–Crippen MR) is 104 cm³/mol. The number of hydrogen-bond acceptors (Lipinski definition) is 4. The summed E-state index contributed by atoms with van der Waals surface area (Å²) in [5.74, 6) is 0.906. The molecule has 1 fully saturated rings. The van der Waals surface area contributed by atoms with Gasteiger partial charge in [0, 0.05) is 37.5 Å². The van der Waals surface area contributed by atoms with Crippen molar-refractivity contribution in [1.82, 2.24) is 24.5 Å². The first-order chi connectivity index (χ1) is 12.7. The minimum absolute atomic E-state index is 0.0419. The first-order valence-corrected chi connectivity index (χ1v) is 9.58. The summed E-state index contributed by atoms with van der Waals surface area (Å²) >= 11 is 0. The normalized spacial score (nSPS) is 21.3. The van der Waals surface area contributed by atoms with Crippen molar-refractivity contribution < 1.29 is 4.79 Å². The zero-order chi connectivity index (χ0) is 19.9. The Morgan fingerprint density at radius 1 is 1.15 bits per heavy atom. The van der Waals surface area contributed by atoms with Gasteiger partial charge in [0.15, 0.2) is 0 Å². The number of amides is 1. The van der Waals surface area contributed by atoms with Gasteiger partial charge in [-0.2, -0.15) is 10.2 Å². The molecule has 0 aliphatic carbocycles. The van der Waals surface area contributed by atoms with Gasteiger partial charge in [-0.3, -0.25) is 14.3 Å². The van der Waals surface area contributed by atoms with E-state index in [0.717, 1.165) is 36.5 Å². The fourth-order valence-corrected chi connectivity index (χ4v) is 4.19. The molecule has 2 aromatic rings. The third-order valence-corrected chi connectivity index (χ3v) is 5.49. The summed E-state index contributed by atoms with van der Waals surface area (Å²) < 4.78 is 3.11. The van der Waals surface area contributed by atoms with Gasteiger partial charge < -0.3 is 4.90 Å². The van der Waals surface area contributed by atoms with E-state index in [-0.39, 0.29) is 11.5 Å². The average Bonchev–Trinajstić information content (AvgIpc) is 2.85. The number of rotatable bonds is 3. The van der Waals surface area contributed by atoms with Crippen LogP contribution in [0.25, 0.3) is 11.3 Å². The Bertz CT molecular complexity index is 904. The maximum atomic E-state index is 13.0. The lowest BCUT2D eigenvalue weighted by Gasteiger charge is -2.36. The molecule has 146 valence electrons. The van der Waals surface area contributed by atoms with Gasteiger partial charge in [-0.05, 0) is 45.1 Å². The van der Waals surface area contributed by atoms with Gasteiger partial charge in [0.25, 0.3) is 5.56 Å². The standard InChI is InChI=1S/C20H29N5O2/c1-12-9-13(2)11-24(10-12)20(27)16(5)25-18(26)8-7-17(22-25)19-14(3)21-23(6)15(19)4/h7-8,12-13,16H,9-11H2,1-6H3/t12-,13-,16-/m0/s1. The molecule has 1 aliphatic rings. The molecule has 1 saturated heterocycles. The van der Waals surface area contributed by atoms with Gasteiger partial charge in [-0.15, -0.1) is 0 Å². The fraction of sp³-hybridized carbons (Fsp3) is 0.600. The van der Waals surface area contributed by atoms with Gasteiger partial charge in [-0.1, -0.05) is 13.8 Å². The van der Waals surface area contributed by atoms with E-state index in [9.17, 15) is 9.59 Å². The minimum atomic E-state index is -0.632. The fourth-order valence-electron chi connectivity index (χ4n) is 4.19. The molecule has 27 heavy (non-hydrogen) atoms. The Balaban J connectivity index is 1.94. The molecular weight excluding hydrogens is 342 g/mol. The molecule has 0 bridgehead atoms. The summed E-state index contributed by atoms with van der Waals surface area (Å²) in [6.45, 7) is 11.5. The topological polar surface area (TPSA) is 73.0 Å². The van der Waals surface area contributed by atoms with Gasteiger partial charge in [0.05, 0.1) is 11.4 Å². The molecule has 1 amide bonds. The predicted octanol–water partition coefficient (Wildman–Crippen LogP) is 2.33. The van der Waals surface area contributed by atoms with E-state index >= 15 is 0 Å². The van der Waals surface area contributed by atoms with Crippen LogP contribution in [-0.2, 0) is 11.8 Å². The number of piperidine rings is 1. The Kier molecular flexibility index (Phi) is 5.22. The molecule has 2 aromatic heterocycles. The molecule has 3 rings (SSSR count). The second kappa shape index (κ2) is 7.29. The monoisotopic (exact) mass is 371 g/mol. The number of carbonyl (C=O) groups excluding carboxylic acids is 1. The Labute approximate surface area is 160 Å². The van der Waals surface area contributed by atoms with E-state index in [1.54, 1.807) is 17.7 Å². The Hall–Kier alpha value is -2.44. The smallest absolute Gasteiger partial charge is 0.267 e. The molecule has 0 radical (unpaired) electrons. The van der Waals surface area contributed by atoms with E-state index in [0.29, 0.717) is 17.5 Å². The first-order valence-electron chi connectivity index (χ1n) is 9.58. The van der Waals surface area contributed by atoms with Gasteiger partial charge >= 0.3 is 0 Å². The van der Waals surface area contributed by atoms with Crippen molar-refractivity contribution in [2.45, 2.75) is 47.1 Å². The summed E-state index contributed by atoms with van der Waals surface area (Å²) in [6.07, 6.45) is 1.13. The zero-order valence-electron chi connectivity index (χ0n) is 17.1. The lowest BCUT2D eigenvalue weighted by Crippen LogP contribution is -2.46. The summed E-state index contributed by atoms with van der Waals surface area (Å²) in [7, 11) is 1.88. The molecule has 0 aromatic carbocycles. The van der Waals surface area contributed by atoms with Crippen LogP contribution in [0.3, 0.4) is 0 Å². The highest BCUT2D eigenvalue weighted by molar-refractivity contribution is 5.80. The SMILES string of the molecule is Cc1nn(C)c(C)c1-c1ccc(=O)n([C@@H](C)C(=O)N2C[C@@H](C)C[C@H](C)C2)n1. The van der Waals surface area contributed by atoms with Crippen LogP contribution in [0.1, 0.15) is 44.6 Å². The van der Waals surface area contributed by atoms with E-state index in [1.807, 2.05) is 25.8 Å². The number of aryl methyl sites for hydroxylation is 2. The third kappa shape index (κ3) is 3.68. The van der Waals surface area contributed by atoms with Crippen molar-refractivity contribution in [2.75, 3.05) is 13.1 Å². The molecule has 1 aliphatic heterocycles. The Morgan fingerprint density at radius 3 is 2.33 bits per heavy atom. The van der Waals surface area contributed by atoms with Crippen molar-refractivity contribution in [3.8, 4) is 11.3 Å². The highest BCUT2D eigenvalue weighted by atomic mass is 16.2. The molecule has 3 atom stereocenters. The van der Waals surface area contributed by atoms with E-state index in [2.05, 4.69) is 24.0 Å². The van der Waals surface area contributed by atoms with Crippen LogP contribution in [0.15, 0.2) is 16.9 Å². The van der Waals surface area contributed by atoms with Crippen molar-refractivity contribution in [2.24, 2.45) is 18.9 Å². The van der Waals surface area contributed by atoms with Crippen molar-refractivity contribution in [3.63, 3.8) is 0 Å². The van der Waals surface area contributed by atoms with Crippen LogP contribution in [0, 0.1) is 25.7 Å². The molecule has 0 unspecified atom stereocenters. The molecule has 0 N–H and O–H groups in total. The van der Waals surface area contributed by atoms with Crippen molar-refractivity contribution in [1.29, 1.82) is 0 Å². The van der Waals surface area contributed by atoms with E-state index < -0.39 is 6.04 Å². The molecular formula is C20H29N5O2. The Morgan fingerprint density at radius 2 is 1.78 bits per heavy atom. The lowest BCUT2D eigenvalue weighted by molar-refractivity contribution is -0.137. The third-order valence-electron chi connectivity index (χ3n) is 5.49. The van der Waals surface area contributed by atoms with Crippen LogP contribution >= 0.6 is 0 Å². The zero-order valence-corrected chi connectivity index (χ0v) is 17.1. The number of carbonyl (C=O) groups is 1. The first kappa shape index (κ1) is 19.3. The van der Waals surface area contributed by atoms with Gasteiger partial charge in [0.2, 0.25) is 5.91 Å². The van der Waals surface area contributed by atoms with Crippen LogP contribution in [0.5, 0.6) is 0 Å². The molecule has 0 saturated carbocycles. The lowest BCUT2D eigenvalue weighted by atomic mass is 9.91. The van der Waals surface area contributed by atoms with Crippen LogP contribution in [0.4, 0.5) is 0 Å². The van der Waals surface area contributed by atoms with Crippen LogP contribution < -0.4 is 5.56 Å². The van der Waals surface area contributed by atoms with E-state index in [4.69, 9.17) is 0 Å². The molecule has 7 nitrogen and oxygen atoms in total. The van der Waals surface area contributed by atoms with Gasteiger partial charge in [-0.25, -0.2) is 4.68 Å². The summed E-state index contributed by atoms with van der Waals surface area (Å²) in [6, 6.07) is 2.56. The average molecular weight is 371 g/mol. The largest absolute Gasteiger partial charge is 0.340 e. The van der Waals surface area contributed by atoms with Gasteiger partial charge in [0.1, 0.15) is 6.04 Å². The number of aromatic nitrogens is 4. The van der Waals surface area contributed by atoms with Crippen LogP contribution in [0.2, 0.25) is 0 Å². The van der Waals surface area contributed by atoms with Crippen LogP contribution in [-0.4, -0.2) is 43.5 Å². The second-order valence-corrected chi connectivity index (χ2v) is 8.04. The quantitative estimate of drug-likeness (QED) is 0.830. The number of likely N-dealkylation sites (tertiary alicyclic amines) is 1. The molecule has 7 heteroatoms. The summed E-state index contributed by atoms with van der Waals surface area (Å²) in [4.78, 5) is 27.4. The number of hydrogen-bond donors (Lipinski definition) is 0. The summed E-state index contributed by atoms with van der Waals surface area (Å²) in [5, 5.41) is 8.96. The molecule has 3 heterocycles. The van der Waals surface area contributed by atoms with Crippen molar-refractivity contribution in [3.05, 3.63) is 33.9 Å². The molecule has 0 spiro atoms. The highest BCUT2D eigenvalue weighted by Crippen LogP contribution is 2.25. The maximum absolute atomic E-state index is 13.0. The summed E-state index contributed by atoms with van der Waals surface area (Å²) in [5.41, 5.74) is 3.13. The number of nitrogens with zero attached hydrogens (tertiary/aromatic N) is 5. The van der Waals surface area contributed by atoms with E-state index in [1.165, 1.54) is 10.7 Å². The second-order valence-electron chi connectivity index (χ2n) is 8.04. The minimum Gasteiger partial charge on any atom is -0.340 e. The highest BCUT2D eigenvalue weighted by Gasteiger charge is 2.30.